The lowest BCUT2D eigenvalue weighted by Gasteiger charge is -2.31. The Morgan fingerprint density at radius 3 is 2.74 bits per heavy atom. The minimum atomic E-state index is 0.455. The lowest BCUT2D eigenvalue weighted by molar-refractivity contribution is 0.281. The van der Waals surface area contributed by atoms with E-state index in [0.717, 1.165) is 5.92 Å². The Labute approximate surface area is 127 Å². The standard InChI is InChI=1S/C15H19BrN2S/c1-11-9-13(16)15(19-11)14(18-8-7-17-10-18)12-5-3-2-4-6-12/h7-10,12,14H,2-6H2,1H3. The zero-order chi connectivity index (χ0) is 13.2. The Kier molecular flexibility index (Phi) is 4.08. The van der Waals surface area contributed by atoms with Gasteiger partial charge in [0.05, 0.1) is 12.4 Å². The van der Waals surface area contributed by atoms with Crippen molar-refractivity contribution in [1.82, 2.24) is 9.55 Å². The molecule has 1 saturated carbocycles. The van der Waals surface area contributed by atoms with E-state index >= 15 is 0 Å². The average Bonchev–Trinajstić information content (AvgIpc) is 3.03. The molecule has 102 valence electrons. The summed E-state index contributed by atoms with van der Waals surface area (Å²) in [7, 11) is 0. The van der Waals surface area contributed by atoms with Crippen molar-refractivity contribution in [2.24, 2.45) is 5.92 Å². The Balaban J connectivity index is 1.98. The monoisotopic (exact) mass is 338 g/mol. The van der Waals surface area contributed by atoms with Crippen LogP contribution >= 0.6 is 27.3 Å². The Hall–Kier alpha value is -0.610. The van der Waals surface area contributed by atoms with Gasteiger partial charge in [0.25, 0.3) is 0 Å². The fourth-order valence-electron chi connectivity index (χ4n) is 3.18. The van der Waals surface area contributed by atoms with Crippen LogP contribution < -0.4 is 0 Å². The van der Waals surface area contributed by atoms with Crippen LogP contribution in [0.5, 0.6) is 0 Å². The number of hydrogen-bond acceptors (Lipinski definition) is 2. The van der Waals surface area contributed by atoms with Crippen LogP contribution in [0.2, 0.25) is 0 Å². The molecule has 0 amide bonds. The molecule has 1 atom stereocenters. The normalized spacial score (nSPS) is 18.6. The number of halogens is 1. The number of thiophene rings is 1. The zero-order valence-corrected chi connectivity index (χ0v) is 13.6. The van der Waals surface area contributed by atoms with Crippen molar-refractivity contribution in [2.45, 2.75) is 45.1 Å². The average molecular weight is 339 g/mol. The van der Waals surface area contributed by atoms with Crippen molar-refractivity contribution >= 4 is 27.3 Å². The molecular weight excluding hydrogens is 320 g/mol. The van der Waals surface area contributed by atoms with Gasteiger partial charge < -0.3 is 4.57 Å². The predicted molar refractivity (Wildman–Crippen MR) is 83.7 cm³/mol. The van der Waals surface area contributed by atoms with Gasteiger partial charge in [-0.15, -0.1) is 11.3 Å². The van der Waals surface area contributed by atoms with E-state index < -0.39 is 0 Å². The molecule has 1 aliphatic carbocycles. The first-order chi connectivity index (χ1) is 9.25. The highest BCUT2D eigenvalue weighted by Gasteiger charge is 2.29. The number of nitrogens with zero attached hydrogens (tertiary/aromatic N) is 2. The molecule has 1 unspecified atom stereocenters. The highest BCUT2D eigenvalue weighted by atomic mass is 79.9. The quantitative estimate of drug-likeness (QED) is 0.753. The van der Waals surface area contributed by atoms with Gasteiger partial charge in [-0.2, -0.15) is 0 Å². The van der Waals surface area contributed by atoms with Crippen LogP contribution in [0.15, 0.2) is 29.3 Å². The summed E-state index contributed by atoms with van der Waals surface area (Å²) in [6, 6.07) is 2.70. The molecular formula is C15H19BrN2S. The minimum Gasteiger partial charge on any atom is -0.329 e. The van der Waals surface area contributed by atoms with Gasteiger partial charge in [-0.25, -0.2) is 4.98 Å². The summed E-state index contributed by atoms with van der Waals surface area (Å²) in [6.07, 6.45) is 12.8. The van der Waals surface area contributed by atoms with Gasteiger partial charge in [0.1, 0.15) is 0 Å². The molecule has 2 aromatic heterocycles. The van der Waals surface area contributed by atoms with Gasteiger partial charge in [-0.1, -0.05) is 19.3 Å². The van der Waals surface area contributed by atoms with E-state index in [0.29, 0.717) is 6.04 Å². The van der Waals surface area contributed by atoms with Gasteiger partial charge >= 0.3 is 0 Å². The first-order valence-electron chi connectivity index (χ1n) is 6.99. The van der Waals surface area contributed by atoms with E-state index in [9.17, 15) is 0 Å². The number of aryl methyl sites for hydroxylation is 1. The van der Waals surface area contributed by atoms with Crippen LogP contribution in [0.1, 0.15) is 47.9 Å². The smallest absolute Gasteiger partial charge is 0.0952 e. The molecule has 0 bridgehead atoms. The molecule has 0 N–H and O–H groups in total. The van der Waals surface area contributed by atoms with Crippen molar-refractivity contribution in [1.29, 1.82) is 0 Å². The van der Waals surface area contributed by atoms with E-state index in [4.69, 9.17) is 0 Å². The van der Waals surface area contributed by atoms with E-state index in [1.165, 1.54) is 46.3 Å². The van der Waals surface area contributed by atoms with Crippen LogP contribution in [-0.2, 0) is 0 Å². The molecule has 2 nitrogen and oxygen atoms in total. The zero-order valence-electron chi connectivity index (χ0n) is 11.2. The van der Waals surface area contributed by atoms with Gasteiger partial charge in [-0.05, 0) is 47.7 Å². The Morgan fingerprint density at radius 2 is 2.16 bits per heavy atom. The number of hydrogen-bond donors (Lipinski definition) is 0. The third-order valence-corrected chi connectivity index (χ3v) is 6.09. The van der Waals surface area contributed by atoms with Crippen LogP contribution in [0.25, 0.3) is 0 Å². The summed E-state index contributed by atoms with van der Waals surface area (Å²) >= 11 is 5.67. The molecule has 0 aromatic carbocycles. The van der Waals surface area contributed by atoms with Crippen molar-refractivity contribution in [2.75, 3.05) is 0 Å². The van der Waals surface area contributed by atoms with E-state index in [2.05, 4.69) is 44.7 Å². The number of rotatable bonds is 3. The third kappa shape index (κ3) is 2.79. The Bertz CT molecular complexity index is 526. The number of aromatic nitrogens is 2. The minimum absolute atomic E-state index is 0.455. The topological polar surface area (TPSA) is 17.8 Å². The molecule has 3 rings (SSSR count). The molecule has 2 aromatic rings. The molecule has 4 heteroatoms. The van der Waals surface area contributed by atoms with Crippen molar-refractivity contribution in [3.8, 4) is 0 Å². The van der Waals surface area contributed by atoms with Crippen LogP contribution in [-0.4, -0.2) is 9.55 Å². The first kappa shape index (κ1) is 13.4. The summed E-state index contributed by atoms with van der Waals surface area (Å²) in [4.78, 5) is 7.09. The fourth-order valence-corrected chi connectivity index (χ4v) is 5.27. The summed E-state index contributed by atoms with van der Waals surface area (Å²) < 4.78 is 3.56. The predicted octanol–water partition coefficient (Wildman–Crippen LogP) is 5.19. The highest BCUT2D eigenvalue weighted by Crippen LogP contribution is 2.42. The Morgan fingerprint density at radius 1 is 1.37 bits per heavy atom. The summed E-state index contributed by atoms with van der Waals surface area (Å²) in [5, 5.41) is 0. The molecule has 0 spiro atoms. The summed E-state index contributed by atoms with van der Waals surface area (Å²) in [5.41, 5.74) is 0. The SMILES string of the molecule is Cc1cc(Br)c(C(C2CCCCC2)n2ccnc2)s1. The second kappa shape index (κ2) is 5.80. The highest BCUT2D eigenvalue weighted by molar-refractivity contribution is 9.10. The van der Waals surface area contributed by atoms with Crippen LogP contribution in [0, 0.1) is 12.8 Å². The molecule has 0 aliphatic heterocycles. The van der Waals surface area contributed by atoms with Crippen LogP contribution in [0.4, 0.5) is 0 Å². The lowest BCUT2D eigenvalue weighted by atomic mass is 9.83. The van der Waals surface area contributed by atoms with Gasteiger partial charge in [-0.3, -0.25) is 0 Å². The lowest BCUT2D eigenvalue weighted by Crippen LogP contribution is -2.21. The van der Waals surface area contributed by atoms with Gasteiger partial charge in [0.15, 0.2) is 0 Å². The van der Waals surface area contributed by atoms with E-state index in [1.54, 1.807) is 0 Å². The first-order valence-corrected chi connectivity index (χ1v) is 8.60. The molecule has 2 heterocycles. The fraction of sp³-hybridized carbons (Fsp3) is 0.533. The third-order valence-electron chi connectivity index (χ3n) is 4.05. The van der Waals surface area contributed by atoms with E-state index in [1.807, 2.05) is 23.9 Å². The molecule has 19 heavy (non-hydrogen) atoms. The second-order valence-electron chi connectivity index (χ2n) is 5.42. The van der Waals surface area contributed by atoms with Crippen molar-refractivity contribution in [3.05, 3.63) is 39.0 Å². The second-order valence-corrected chi connectivity index (χ2v) is 7.56. The summed E-state index contributed by atoms with van der Waals surface area (Å²) in [6.45, 7) is 2.19. The maximum Gasteiger partial charge on any atom is 0.0952 e. The largest absolute Gasteiger partial charge is 0.329 e. The number of imidazole rings is 1. The van der Waals surface area contributed by atoms with Gasteiger partial charge in [0.2, 0.25) is 0 Å². The van der Waals surface area contributed by atoms with E-state index in [-0.39, 0.29) is 0 Å². The maximum atomic E-state index is 4.25. The van der Waals surface area contributed by atoms with Crippen molar-refractivity contribution < 1.29 is 0 Å². The molecule has 1 fully saturated rings. The molecule has 0 saturated heterocycles. The van der Waals surface area contributed by atoms with Crippen LogP contribution in [0.3, 0.4) is 0 Å². The molecule has 0 radical (unpaired) electrons. The maximum absolute atomic E-state index is 4.25. The van der Waals surface area contributed by atoms with Crippen molar-refractivity contribution in [3.63, 3.8) is 0 Å². The summed E-state index contributed by atoms with van der Waals surface area (Å²) in [5.74, 6) is 0.747. The van der Waals surface area contributed by atoms with Gasteiger partial charge in [0, 0.05) is 26.6 Å². The molecule has 1 aliphatic rings.